The number of fused-ring (bicyclic) bond motifs is 1. The monoisotopic (exact) mass is 798 g/mol. The van der Waals surface area contributed by atoms with Crippen LogP contribution in [0.5, 0.6) is 0 Å². The summed E-state index contributed by atoms with van der Waals surface area (Å²) in [6.45, 7) is 4.27. The third-order valence-electron chi connectivity index (χ3n) is 10.9. The highest BCUT2D eigenvalue weighted by atomic mass is 79.9. The number of halogens is 1. The third-order valence-corrected chi connectivity index (χ3v) is 11.8. The van der Waals surface area contributed by atoms with Crippen LogP contribution in [0.15, 0.2) is 193 Å². The quantitative estimate of drug-likeness (QED) is 0.100. The average Bonchev–Trinajstić information content (AvgIpc) is 4.01. The molecule has 2 unspecified atom stereocenters. The Hall–Kier alpha value is -6.42. The molecule has 1 aliphatic rings. The van der Waals surface area contributed by atoms with Crippen LogP contribution in [-0.4, -0.2) is 0 Å². The van der Waals surface area contributed by atoms with Crippen molar-refractivity contribution in [2.75, 3.05) is 9.80 Å². The van der Waals surface area contributed by atoms with Gasteiger partial charge in [0.05, 0.1) is 12.1 Å². The molecule has 0 saturated carbocycles. The largest absolute Gasteiger partial charge is 0.353 e. The maximum absolute atomic E-state index is 3.93. The van der Waals surface area contributed by atoms with Crippen LogP contribution in [0, 0.1) is 13.8 Å². The third kappa shape index (κ3) is 7.85. The van der Waals surface area contributed by atoms with Crippen molar-refractivity contribution in [2.24, 2.45) is 0 Å². The lowest BCUT2D eigenvalue weighted by molar-refractivity contribution is 1.02. The van der Waals surface area contributed by atoms with Crippen LogP contribution >= 0.6 is 15.9 Å². The molecule has 9 rings (SSSR count). The molecule has 8 aromatic rings. The van der Waals surface area contributed by atoms with Gasteiger partial charge in [0.15, 0.2) is 0 Å². The highest BCUT2D eigenvalue weighted by molar-refractivity contribution is 9.10. The molecule has 8 aromatic carbocycles. The predicted octanol–water partition coefficient (Wildman–Crippen LogP) is 15.3. The number of para-hydroxylation sites is 1. The number of aryl methyl sites for hydroxylation is 2. The molecule has 2 atom stereocenters. The summed E-state index contributed by atoms with van der Waals surface area (Å²) in [6.07, 6.45) is 8.78. The van der Waals surface area contributed by atoms with E-state index in [-0.39, 0.29) is 0 Å². The molecule has 3 heteroatoms. The summed E-state index contributed by atoms with van der Waals surface area (Å²) in [4.78, 5) is 4.82. The van der Waals surface area contributed by atoms with Gasteiger partial charge in [0.2, 0.25) is 0 Å². The van der Waals surface area contributed by atoms with Crippen molar-refractivity contribution in [1.82, 2.24) is 0 Å². The molecule has 1 fully saturated rings. The van der Waals surface area contributed by atoms with Crippen LogP contribution < -0.4 is 9.80 Å². The van der Waals surface area contributed by atoms with Gasteiger partial charge in [0, 0.05) is 27.2 Å². The topological polar surface area (TPSA) is 6.25 Å². The number of rotatable bonds is 10. The van der Waals surface area contributed by atoms with E-state index in [1.807, 2.05) is 0 Å². The molecule has 1 heterocycles. The summed E-state index contributed by atoms with van der Waals surface area (Å²) in [5, 5.41) is 2.40. The molecule has 57 heavy (non-hydrogen) atoms. The second-order valence-electron chi connectivity index (χ2n) is 14.9. The van der Waals surface area contributed by atoms with Gasteiger partial charge in [-0.05, 0) is 129 Å². The number of anilines is 4. The molecule has 0 aliphatic carbocycles. The summed E-state index contributed by atoms with van der Waals surface area (Å²) in [7, 11) is 0. The lowest BCUT2D eigenvalue weighted by Crippen LogP contribution is -2.09. The molecule has 1 aliphatic heterocycles. The van der Waals surface area contributed by atoms with Crippen molar-refractivity contribution in [3.8, 4) is 0 Å². The molecular formula is C54H43BrN2. The van der Waals surface area contributed by atoms with E-state index < -0.39 is 0 Å². The fraction of sp³-hybridized carbons (Fsp3) is 0.0741. The first kappa shape index (κ1) is 36.2. The van der Waals surface area contributed by atoms with Gasteiger partial charge in [-0.25, -0.2) is 0 Å². The van der Waals surface area contributed by atoms with Gasteiger partial charge in [-0.1, -0.05) is 169 Å². The molecule has 0 amide bonds. The molecule has 2 nitrogen and oxygen atoms in total. The van der Waals surface area contributed by atoms with E-state index in [0.29, 0.717) is 12.1 Å². The fourth-order valence-corrected chi connectivity index (χ4v) is 8.43. The summed E-state index contributed by atoms with van der Waals surface area (Å²) < 4.78 is 1.10. The normalized spacial score (nSPS) is 15.1. The Morgan fingerprint density at radius 1 is 0.456 bits per heavy atom. The second kappa shape index (κ2) is 16.0. The van der Waals surface area contributed by atoms with Crippen LogP contribution in [0.25, 0.3) is 35.1 Å². The number of hydrogen-bond donors (Lipinski definition) is 0. The van der Waals surface area contributed by atoms with Crippen LogP contribution in [0.2, 0.25) is 0 Å². The van der Waals surface area contributed by atoms with E-state index in [1.54, 1.807) is 0 Å². The van der Waals surface area contributed by atoms with Gasteiger partial charge in [0.1, 0.15) is 0 Å². The van der Waals surface area contributed by atoms with E-state index in [1.165, 1.54) is 44.3 Å². The summed E-state index contributed by atoms with van der Waals surface area (Å²) in [5.74, 6) is 0. The first-order valence-electron chi connectivity index (χ1n) is 19.6. The minimum atomic E-state index is 0.340. The second-order valence-corrected chi connectivity index (χ2v) is 15.7. The minimum Gasteiger partial charge on any atom is -0.353 e. The standard InChI is InChI=1S/C54H43BrN2/c1-38-13-25-45(26-14-38)54-53(44-9-5-3-6-10-44)57(54)50-34-22-41(23-35-50)19-27-43-28-29-46-37-42(24-36-51(46)52(43)55)18-17-40-20-32-49(33-21-40)56(47-11-7-4-8-12-47)48-30-15-39(2)16-31-48/h3-37,53-54H,1-2H3/b18-17+,27-19+. The zero-order valence-corrected chi connectivity index (χ0v) is 33.7. The lowest BCUT2D eigenvalue weighted by Gasteiger charge is -2.25. The van der Waals surface area contributed by atoms with Crippen molar-refractivity contribution in [2.45, 2.75) is 25.9 Å². The van der Waals surface area contributed by atoms with Crippen molar-refractivity contribution < 1.29 is 0 Å². The van der Waals surface area contributed by atoms with Gasteiger partial charge in [0.25, 0.3) is 0 Å². The Morgan fingerprint density at radius 2 is 0.947 bits per heavy atom. The van der Waals surface area contributed by atoms with Gasteiger partial charge in [-0.3, -0.25) is 0 Å². The lowest BCUT2D eigenvalue weighted by atomic mass is 10.0. The minimum absolute atomic E-state index is 0.340. The van der Waals surface area contributed by atoms with E-state index in [4.69, 9.17) is 0 Å². The molecular weight excluding hydrogens is 757 g/mol. The van der Waals surface area contributed by atoms with E-state index >= 15 is 0 Å². The predicted molar refractivity (Wildman–Crippen MR) is 247 cm³/mol. The van der Waals surface area contributed by atoms with Gasteiger partial charge < -0.3 is 9.80 Å². The first-order chi connectivity index (χ1) is 28.0. The fourth-order valence-electron chi connectivity index (χ4n) is 7.80. The molecule has 0 spiro atoms. The Bertz CT molecular complexity index is 2680. The van der Waals surface area contributed by atoms with E-state index in [2.05, 4.69) is 252 Å². The Kier molecular flexibility index (Phi) is 10.2. The van der Waals surface area contributed by atoms with Crippen molar-refractivity contribution >= 4 is 73.8 Å². The van der Waals surface area contributed by atoms with E-state index in [9.17, 15) is 0 Å². The maximum Gasteiger partial charge on any atom is 0.0795 e. The molecule has 276 valence electrons. The zero-order valence-electron chi connectivity index (χ0n) is 32.1. The van der Waals surface area contributed by atoms with Crippen LogP contribution in [0.4, 0.5) is 22.7 Å². The molecule has 0 radical (unpaired) electrons. The van der Waals surface area contributed by atoms with Crippen LogP contribution in [0.1, 0.15) is 56.6 Å². The first-order valence-corrected chi connectivity index (χ1v) is 20.4. The SMILES string of the molecule is Cc1ccc(C2C(c3ccccc3)N2c2ccc(/C=C/c3ccc4cc(/C=C/c5ccc(N(c6ccccc6)c6ccc(C)cc6)cc5)ccc4c3Br)cc2)cc1. The summed E-state index contributed by atoms with van der Waals surface area (Å²) >= 11 is 3.93. The summed E-state index contributed by atoms with van der Waals surface area (Å²) in [5.41, 5.74) is 14.5. The highest BCUT2D eigenvalue weighted by Gasteiger charge is 2.49. The van der Waals surface area contributed by atoms with Gasteiger partial charge in [-0.15, -0.1) is 0 Å². The Labute approximate surface area is 344 Å². The van der Waals surface area contributed by atoms with Crippen LogP contribution in [-0.2, 0) is 0 Å². The molecule has 0 aromatic heterocycles. The summed E-state index contributed by atoms with van der Waals surface area (Å²) in [6, 6.07) is 68.6. The number of nitrogens with zero attached hydrogens (tertiary/aromatic N) is 2. The van der Waals surface area contributed by atoms with Crippen molar-refractivity contribution in [1.29, 1.82) is 0 Å². The van der Waals surface area contributed by atoms with Gasteiger partial charge >= 0.3 is 0 Å². The molecule has 1 saturated heterocycles. The van der Waals surface area contributed by atoms with Crippen molar-refractivity contribution in [3.63, 3.8) is 0 Å². The Morgan fingerprint density at radius 3 is 1.60 bits per heavy atom. The van der Waals surface area contributed by atoms with Crippen molar-refractivity contribution in [3.05, 3.63) is 237 Å². The zero-order chi connectivity index (χ0) is 38.7. The van der Waals surface area contributed by atoms with Crippen LogP contribution in [0.3, 0.4) is 0 Å². The molecule has 0 N–H and O–H groups in total. The number of benzene rings is 8. The average molecular weight is 800 g/mol. The number of hydrogen-bond acceptors (Lipinski definition) is 2. The van der Waals surface area contributed by atoms with Gasteiger partial charge in [-0.2, -0.15) is 0 Å². The smallest absolute Gasteiger partial charge is 0.0795 e. The Balaban J connectivity index is 0.888. The highest BCUT2D eigenvalue weighted by Crippen LogP contribution is 2.57. The maximum atomic E-state index is 3.93. The van der Waals surface area contributed by atoms with E-state index in [0.717, 1.165) is 38.2 Å². The molecule has 0 bridgehead atoms.